The predicted molar refractivity (Wildman–Crippen MR) is 107 cm³/mol. The Bertz CT molecular complexity index is 987. The molecular formula is C23H21FO5. The van der Waals surface area contributed by atoms with Crippen LogP contribution in [0, 0.1) is 5.82 Å². The molecule has 0 saturated heterocycles. The van der Waals surface area contributed by atoms with Gasteiger partial charge in [0.25, 0.3) is 0 Å². The molecule has 29 heavy (non-hydrogen) atoms. The van der Waals surface area contributed by atoms with Crippen molar-refractivity contribution in [3.8, 4) is 28.4 Å². The number of hydrogen-bond donors (Lipinski definition) is 1. The van der Waals surface area contributed by atoms with Crippen LogP contribution in [0.2, 0.25) is 0 Å². The maximum absolute atomic E-state index is 14.0. The summed E-state index contributed by atoms with van der Waals surface area (Å²) >= 11 is 0. The number of benzene rings is 3. The molecule has 0 amide bonds. The van der Waals surface area contributed by atoms with Crippen molar-refractivity contribution < 1.29 is 28.5 Å². The number of carbonyl (C=O) groups is 1. The van der Waals surface area contributed by atoms with E-state index in [1.165, 1.54) is 18.2 Å². The van der Waals surface area contributed by atoms with Crippen molar-refractivity contribution in [1.29, 1.82) is 0 Å². The van der Waals surface area contributed by atoms with Gasteiger partial charge in [0.05, 0.1) is 6.61 Å². The molecule has 0 heterocycles. The zero-order valence-corrected chi connectivity index (χ0v) is 15.9. The van der Waals surface area contributed by atoms with Gasteiger partial charge in [-0.3, -0.25) is 0 Å². The first-order valence-electron chi connectivity index (χ1n) is 9.14. The van der Waals surface area contributed by atoms with E-state index in [-0.39, 0.29) is 12.4 Å². The van der Waals surface area contributed by atoms with Crippen molar-refractivity contribution >= 4 is 5.97 Å². The molecule has 0 aromatic heterocycles. The Balaban J connectivity index is 1.67. The van der Waals surface area contributed by atoms with Crippen LogP contribution in [0.15, 0.2) is 66.7 Å². The average Bonchev–Trinajstić information content (AvgIpc) is 2.72. The third kappa shape index (κ3) is 5.72. The number of ether oxygens (including phenoxy) is 3. The summed E-state index contributed by atoms with van der Waals surface area (Å²) in [6.07, 6.45) is 0. The lowest BCUT2D eigenvalue weighted by Crippen LogP contribution is -2.10. The van der Waals surface area contributed by atoms with Crippen LogP contribution in [0.1, 0.15) is 12.5 Å². The second-order valence-corrected chi connectivity index (χ2v) is 6.22. The van der Waals surface area contributed by atoms with E-state index in [0.29, 0.717) is 12.4 Å². The smallest absolute Gasteiger partial charge is 0.341 e. The molecule has 0 saturated carbocycles. The Hall–Kier alpha value is -3.54. The maximum atomic E-state index is 14.0. The highest BCUT2D eigenvalue weighted by molar-refractivity contribution is 5.68. The summed E-state index contributed by atoms with van der Waals surface area (Å²) < 4.78 is 30.1. The lowest BCUT2D eigenvalue weighted by atomic mass is 10.0. The highest BCUT2D eigenvalue weighted by Gasteiger charge is 2.08. The van der Waals surface area contributed by atoms with Crippen LogP contribution in [-0.2, 0) is 11.4 Å². The van der Waals surface area contributed by atoms with Gasteiger partial charge in [0.15, 0.2) is 18.2 Å². The van der Waals surface area contributed by atoms with Gasteiger partial charge < -0.3 is 19.3 Å². The van der Waals surface area contributed by atoms with E-state index >= 15 is 0 Å². The molecule has 0 radical (unpaired) electrons. The van der Waals surface area contributed by atoms with Gasteiger partial charge in [0.2, 0.25) is 0 Å². The molecule has 1 N–H and O–H groups in total. The molecular weight excluding hydrogens is 375 g/mol. The van der Waals surface area contributed by atoms with Crippen molar-refractivity contribution in [2.24, 2.45) is 0 Å². The van der Waals surface area contributed by atoms with E-state index in [1.807, 2.05) is 55.5 Å². The SMILES string of the molecule is CCOc1cccc(-c2cccc(COc3ccc(OCC(=O)O)c(F)c3)c2)c1. The summed E-state index contributed by atoms with van der Waals surface area (Å²) in [5, 5.41) is 8.60. The van der Waals surface area contributed by atoms with Crippen LogP contribution in [0.5, 0.6) is 17.2 Å². The Labute approximate surface area is 168 Å². The van der Waals surface area contributed by atoms with Crippen molar-refractivity contribution in [3.05, 3.63) is 78.1 Å². The molecule has 3 aromatic rings. The summed E-state index contributed by atoms with van der Waals surface area (Å²) in [7, 11) is 0. The Morgan fingerprint density at radius 2 is 1.62 bits per heavy atom. The first kappa shape index (κ1) is 20.2. The lowest BCUT2D eigenvalue weighted by Gasteiger charge is -2.11. The maximum Gasteiger partial charge on any atom is 0.341 e. The quantitative estimate of drug-likeness (QED) is 0.555. The number of hydrogen-bond acceptors (Lipinski definition) is 4. The van der Waals surface area contributed by atoms with Crippen LogP contribution in [0.4, 0.5) is 4.39 Å². The average molecular weight is 396 g/mol. The number of halogens is 1. The normalized spacial score (nSPS) is 10.4. The van der Waals surface area contributed by atoms with Gasteiger partial charge >= 0.3 is 5.97 Å². The topological polar surface area (TPSA) is 65.0 Å². The number of aliphatic carboxylic acids is 1. The summed E-state index contributed by atoms with van der Waals surface area (Å²) in [4.78, 5) is 10.5. The predicted octanol–water partition coefficient (Wildman–Crippen LogP) is 4.93. The highest BCUT2D eigenvalue weighted by atomic mass is 19.1. The second kappa shape index (κ2) is 9.59. The molecule has 0 aliphatic carbocycles. The molecule has 0 aliphatic heterocycles. The van der Waals surface area contributed by atoms with Gasteiger partial charge in [0, 0.05) is 6.07 Å². The zero-order valence-electron chi connectivity index (χ0n) is 15.9. The minimum atomic E-state index is -1.17. The van der Waals surface area contributed by atoms with Gasteiger partial charge in [-0.15, -0.1) is 0 Å². The summed E-state index contributed by atoms with van der Waals surface area (Å²) in [6.45, 7) is 2.20. The monoisotopic (exact) mass is 396 g/mol. The first-order valence-corrected chi connectivity index (χ1v) is 9.14. The molecule has 0 unspecified atom stereocenters. The van der Waals surface area contributed by atoms with Crippen LogP contribution < -0.4 is 14.2 Å². The van der Waals surface area contributed by atoms with E-state index in [2.05, 4.69) is 0 Å². The Morgan fingerprint density at radius 3 is 2.34 bits per heavy atom. The van der Waals surface area contributed by atoms with E-state index in [0.717, 1.165) is 22.4 Å². The lowest BCUT2D eigenvalue weighted by molar-refractivity contribution is -0.139. The molecule has 0 spiro atoms. The van der Waals surface area contributed by atoms with Crippen molar-refractivity contribution in [1.82, 2.24) is 0 Å². The largest absolute Gasteiger partial charge is 0.494 e. The Kier molecular flexibility index (Phi) is 6.68. The van der Waals surface area contributed by atoms with Crippen molar-refractivity contribution in [2.45, 2.75) is 13.5 Å². The minimum absolute atomic E-state index is 0.129. The van der Waals surface area contributed by atoms with E-state index in [4.69, 9.17) is 19.3 Å². The second-order valence-electron chi connectivity index (χ2n) is 6.22. The molecule has 3 aromatic carbocycles. The van der Waals surface area contributed by atoms with Crippen molar-refractivity contribution in [2.75, 3.05) is 13.2 Å². The number of carboxylic acids is 1. The fourth-order valence-corrected chi connectivity index (χ4v) is 2.77. The summed E-state index contributed by atoms with van der Waals surface area (Å²) in [5.74, 6) is -0.834. The van der Waals surface area contributed by atoms with Gasteiger partial charge in [-0.05, 0) is 53.9 Å². The van der Waals surface area contributed by atoms with Gasteiger partial charge in [-0.25, -0.2) is 9.18 Å². The highest BCUT2D eigenvalue weighted by Crippen LogP contribution is 2.26. The standard InChI is InChI=1S/C23H21FO5/c1-2-27-19-8-4-7-18(12-19)17-6-3-5-16(11-17)14-28-20-9-10-22(21(24)13-20)29-15-23(25)26/h3-13H,2,14-15H2,1H3,(H,25,26). The first-order chi connectivity index (χ1) is 14.0. The molecule has 150 valence electrons. The van der Waals surface area contributed by atoms with Crippen LogP contribution in [0.25, 0.3) is 11.1 Å². The molecule has 3 rings (SSSR count). The molecule has 0 atom stereocenters. The molecule has 0 bridgehead atoms. The van der Waals surface area contributed by atoms with Crippen LogP contribution in [0.3, 0.4) is 0 Å². The molecule has 0 fully saturated rings. The van der Waals surface area contributed by atoms with Crippen molar-refractivity contribution in [3.63, 3.8) is 0 Å². The molecule has 5 nitrogen and oxygen atoms in total. The number of rotatable bonds is 9. The van der Waals surface area contributed by atoms with Crippen LogP contribution in [-0.4, -0.2) is 24.3 Å². The third-order valence-electron chi connectivity index (χ3n) is 4.07. The summed E-state index contributed by atoms with van der Waals surface area (Å²) in [5.41, 5.74) is 2.98. The fourth-order valence-electron chi connectivity index (χ4n) is 2.77. The van der Waals surface area contributed by atoms with E-state index < -0.39 is 18.4 Å². The van der Waals surface area contributed by atoms with Crippen LogP contribution >= 0.6 is 0 Å². The molecule has 0 aliphatic rings. The van der Waals surface area contributed by atoms with E-state index in [1.54, 1.807) is 0 Å². The number of carboxylic acid groups (broad SMARTS) is 1. The third-order valence-corrected chi connectivity index (χ3v) is 4.07. The fraction of sp³-hybridized carbons (Fsp3) is 0.174. The van der Waals surface area contributed by atoms with Gasteiger partial charge in [0.1, 0.15) is 18.1 Å². The van der Waals surface area contributed by atoms with Gasteiger partial charge in [-0.2, -0.15) is 0 Å². The zero-order chi connectivity index (χ0) is 20.6. The van der Waals surface area contributed by atoms with Gasteiger partial charge in [-0.1, -0.05) is 30.3 Å². The molecule has 6 heteroatoms. The summed E-state index contributed by atoms with van der Waals surface area (Å²) in [6, 6.07) is 19.8. The van der Waals surface area contributed by atoms with E-state index in [9.17, 15) is 9.18 Å². The Morgan fingerprint density at radius 1 is 0.897 bits per heavy atom. The minimum Gasteiger partial charge on any atom is -0.494 e.